The molecule has 3 N–H and O–H groups in total. The van der Waals surface area contributed by atoms with E-state index in [1.54, 1.807) is 0 Å². The summed E-state index contributed by atoms with van der Waals surface area (Å²) < 4.78 is 0. The molecule has 1 aromatic carbocycles. The first kappa shape index (κ1) is 20.5. The molecule has 0 radical (unpaired) electrons. The van der Waals surface area contributed by atoms with Crippen molar-refractivity contribution in [2.24, 2.45) is 16.6 Å². The van der Waals surface area contributed by atoms with E-state index in [-0.39, 0.29) is 30.1 Å². The number of guanidine groups is 1. The molecule has 1 unspecified atom stereocenters. The molecule has 25 heavy (non-hydrogen) atoms. The van der Waals surface area contributed by atoms with Gasteiger partial charge in [0.05, 0.1) is 12.6 Å². The van der Waals surface area contributed by atoms with E-state index in [1.807, 2.05) is 0 Å². The van der Waals surface area contributed by atoms with Crippen LogP contribution >= 0.6 is 24.0 Å². The molecule has 5 nitrogen and oxygen atoms in total. The molecule has 3 rings (SSSR count). The largest absolute Gasteiger partial charge is 0.392 e. The molecule has 2 heterocycles. The molecule has 2 fully saturated rings. The first-order valence-corrected chi connectivity index (χ1v) is 9.14. The van der Waals surface area contributed by atoms with Crippen molar-refractivity contribution in [3.63, 3.8) is 0 Å². The summed E-state index contributed by atoms with van der Waals surface area (Å²) in [6.45, 7) is 7.58. The molecule has 0 aliphatic carbocycles. The minimum absolute atomic E-state index is 0. The molecule has 2 saturated heterocycles. The van der Waals surface area contributed by atoms with Crippen LogP contribution in [-0.2, 0) is 13.1 Å². The normalized spacial score (nSPS) is 22.9. The predicted molar refractivity (Wildman–Crippen MR) is 113 cm³/mol. The van der Waals surface area contributed by atoms with Crippen molar-refractivity contribution >= 4 is 29.9 Å². The molecule has 1 aromatic rings. The Kier molecular flexibility index (Phi) is 7.96. The number of hydrogen-bond donors (Lipinski definition) is 2. The molecule has 0 aromatic heterocycles. The average Bonchev–Trinajstić information content (AvgIpc) is 2.99. The molecule has 2 aliphatic heterocycles. The fourth-order valence-corrected chi connectivity index (χ4v) is 3.57. The highest BCUT2D eigenvalue weighted by Gasteiger charge is 2.21. The zero-order valence-corrected chi connectivity index (χ0v) is 17.4. The Balaban J connectivity index is 0.00000225. The number of nitrogens with two attached hydrogens (primary N) is 1. The van der Waals surface area contributed by atoms with E-state index in [2.05, 4.69) is 46.0 Å². The van der Waals surface area contributed by atoms with E-state index in [0.29, 0.717) is 12.5 Å². The van der Waals surface area contributed by atoms with Crippen LogP contribution in [0.1, 0.15) is 37.3 Å². The van der Waals surface area contributed by atoms with Crippen molar-refractivity contribution < 1.29 is 5.11 Å². The Labute approximate surface area is 168 Å². The van der Waals surface area contributed by atoms with Gasteiger partial charge in [-0.15, -0.1) is 24.0 Å². The maximum absolute atomic E-state index is 9.70. The Morgan fingerprint density at radius 2 is 1.84 bits per heavy atom. The number of likely N-dealkylation sites (tertiary alicyclic amines) is 2. The SMILES string of the molecule is CC1CCN(C(N)=NCc2ccccc2CN2CCC(O)C2)CC1.I. The average molecular weight is 458 g/mol. The molecule has 0 spiro atoms. The molecule has 2 aliphatic rings. The van der Waals surface area contributed by atoms with Gasteiger partial charge in [-0.3, -0.25) is 4.90 Å². The second kappa shape index (κ2) is 9.73. The summed E-state index contributed by atoms with van der Waals surface area (Å²) in [5.41, 5.74) is 8.72. The van der Waals surface area contributed by atoms with Gasteiger partial charge in [-0.25, -0.2) is 4.99 Å². The van der Waals surface area contributed by atoms with E-state index >= 15 is 0 Å². The number of aliphatic imine (C=N–C) groups is 1. The van der Waals surface area contributed by atoms with Gasteiger partial charge in [-0.05, 0) is 36.3 Å². The van der Waals surface area contributed by atoms with Gasteiger partial charge in [0.1, 0.15) is 0 Å². The topological polar surface area (TPSA) is 65.1 Å². The first-order chi connectivity index (χ1) is 11.6. The first-order valence-electron chi connectivity index (χ1n) is 9.14. The van der Waals surface area contributed by atoms with Crippen LogP contribution < -0.4 is 5.73 Å². The summed E-state index contributed by atoms with van der Waals surface area (Å²) in [6, 6.07) is 8.43. The van der Waals surface area contributed by atoms with Crippen molar-refractivity contribution in [3.8, 4) is 0 Å². The number of benzene rings is 1. The van der Waals surface area contributed by atoms with E-state index < -0.39 is 0 Å². The van der Waals surface area contributed by atoms with Crippen LogP contribution in [0.2, 0.25) is 0 Å². The Morgan fingerprint density at radius 1 is 1.16 bits per heavy atom. The molecule has 6 heteroatoms. The van der Waals surface area contributed by atoms with Crippen LogP contribution in [0.3, 0.4) is 0 Å². The number of nitrogens with zero attached hydrogens (tertiary/aromatic N) is 3. The minimum atomic E-state index is -0.174. The zero-order valence-electron chi connectivity index (χ0n) is 15.1. The van der Waals surface area contributed by atoms with Crippen LogP contribution in [0.4, 0.5) is 0 Å². The molecular formula is C19H31IN4O. The third-order valence-electron chi connectivity index (χ3n) is 5.28. The van der Waals surface area contributed by atoms with Crippen LogP contribution in [0, 0.1) is 5.92 Å². The quantitative estimate of drug-likeness (QED) is 0.413. The fraction of sp³-hybridized carbons (Fsp3) is 0.632. The lowest BCUT2D eigenvalue weighted by Crippen LogP contribution is -2.42. The van der Waals surface area contributed by atoms with Crippen LogP contribution in [0.15, 0.2) is 29.3 Å². The maximum atomic E-state index is 9.70. The lowest BCUT2D eigenvalue weighted by molar-refractivity contribution is 0.174. The fourth-order valence-electron chi connectivity index (χ4n) is 3.57. The second-order valence-electron chi connectivity index (χ2n) is 7.29. The van der Waals surface area contributed by atoms with Gasteiger partial charge in [-0.1, -0.05) is 31.2 Å². The highest BCUT2D eigenvalue weighted by molar-refractivity contribution is 14.0. The highest BCUT2D eigenvalue weighted by Crippen LogP contribution is 2.18. The summed E-state index contributed by atoms with van der Waals surface area (Å²) in [7, 11) is 0. The molecule has 0 saturated carbocycles. The standard InChI is InChI=1S/C19H30N4O.HI/c1-15-6-10-23(11-7-15)19(20)21-12-16-4-2-3-5-17(16)13-22-9-8-18(24)14-22;/h2-5,15,18,24H,6-14H2,1H3,(H2,20,21);1H. The van der Waals surface area contributed by atoms with E-state index in [1.165, 1.54) is 24.0 Å². The molecule has 1 atom stereocenters. The molecular weight excluding hydrogens is 427 g/mol. The Hall–Kier alpha value is -0.860. The summed E-state index contributed by atoms with van der Waals surface area (Å²) >= 11 is 0. The van der Waals surface area contributed by atoms with Gasteiger partial charge in [0, 0.05) is 32.7 Å². The number of aliphatic hydroxyl groups is 1. The number of hydrogen-bond acceptors (Lipinski definition) is 3. The van der Waals surface area contributed by atoms with Gasteiger partial charge in [0.25, 0.3) is 0 Å². The third-order valence-corrected chi connectivity index (χ3v) is 5.28. The lowest BCUT2D eigenvalue weighted by atomic mass is 10.00. The second-order valence-corrected chi connectivity index (χ2v) is 7.29. The van der Waals surface area contributed by atoms with Gasteiger partial charge in [-0.2, -0.15) is 0 Å². The number of aliphatic hydroxyl groups excluding tert-OH is 1. The van der Waals surface area contributed by atoms with Gasteiger partial charge < -0.3 is 15.7 Å². The summed E-state index contributed by atoms with van der Waals surface area (Å²) in [5.74, 6) is 1.47. The van der Waals surface area contributed by atoms with E-state index in [4.69, 9.17) is 5.73 Å². The minimum Gasteiger partial charge on any atom is -0.392 e. The lowest BCUT2D eigenvalue weighted by Gasteiger charge is -2.31. The number of halogens is 1. The van der Waals surface area contributed by atoms with E-state index in [0.717, 1.165) is 45.1 Å². The van der Waals surface area contributed by atoms with E-state index in [9.17, 15) is 5.11 Å². The summed E-state index contributed by atoms with van der Waals surface area (Å²) in [4.78, 5) is 9.16. The van der Waals surface area contributed by atoms with Gasteiger partial charge in [0.2, 0.25) is 0 Å². The zero-order chi connectivity index (χ0) is 16.9. The maximum Gasteiger partial charge on any atom is 0.191 e. The predicted octanol–water partition coefficient (Wildman–Crippen LogP) is 2.42. The highest BCUT2D eigenvalue weighted by atomic mass is 127. The molecule has 0 amide bonds. The van der Waals surface area contributed by atoms with Crippen LogP contribution in [0.5, 0.6) is 0 Å². The third kappa shape index (κ3) is 5.82. The van der Waals surface area contributed by atoms with Crippen LogP contribution in [-0.4, -0.2) is 53.1 Å². The number of β-amino-alcohol motifs (C(OH)–C–C–N with tert-alkyl or cyclic N) is 1. The molecule has 0 bridgehead atoms. The Morgan fingerprint density at radius 3 is 2.48 bits per heavy atom. The van der Waals surface area contributed by atoms with Crippen molar-refractivity contribution in [2.75, 3.05) is 26.2 Å². The van der Waals surface area contributed by atoms with Crippen molar-refractivity contribution in [3.05, 3.63) is 35.4 Å². The number of piperidine rings is 1. The molecule has 140 valence electrons. The smallest absolute Gasteiger partial charge is 0.191 e. The van der Waals surface area contributed by atoms with Gasteiger partial charge >= 0.3 is 0 Å². The summed E-state index contributed by atoms with van der Waals surface area (Å²) in [5, 5.41) is 9.70. The van der Waals surface area contributed by atoms with Crippen molar-refractivity contribution in [1.29, 1.82) is 0 Å². The van der Waals surface area contributed by atoms with Crippen LogP contribution in [0.25, 0.3) is 0 Å². The van der Waals surface area contributed by atoms with Crippen molar-refractivity contribution in [1.82, 2.24) is 9.80 Å². The van der Waals surface area contributed by atoms with Crippen molar-refractivity contribution in [2.45, 2.75) is 45.4 Å². The Bertz CT molecular complexity index is 572. The van der Waals surface area contributed by atoms with Gasteiger partial charge in [0.15, 0.2) is 5.96 Å². The monoisotopic (exact) mass is 458 g/mol. The number of rotatable bonds is 4. The summed E-state index contributed by atoms with van der Waals surface area (Å²) in [6.07, 6.45) is 3.10.